The lowest BCUT2D eigenvalue weighted by atomic mass is 10.1. The number of aliphatic hydroxyl groups is 2. The highest BCUT2D eigenvalue weighted by Crippen LogP contribution is 2.23. The van der Waals surface area contributed by atoms with Gasteiger partial charge >= 0.3 is 0 Å². The Labute approximate surface area is 139 Å². The largest absolute Gasteiger partial charge is 0.392 e. The smallest absolute Gasteiger partial charge is 0.237 e. The molecule has 1 aromatic rings. The number of β-amino-alcohol motifs (C(OH)–C–C–N with tert-alkyl or cyclic N) is 1. The number of hydrogen-bond acceptors (Lipinski definition) is 4. The van der Waals surface area contributed by atoms with Crippen molar-refractivity contribution < 1.29 is 15.0 Å². The molecule has 0 radical (unpaired) electrons. The molecule has 1 heterocycles. The molecule has 1 aliphatic heterocycles. The lowest BCUT2D eigenvalue weighted by molar-refractivity contribution is -0.123. The van der Waals surface area contributed by atoms with Crippen LogP contribution in [0.25, 0.3) is 0 Å². The molecular weight excluding hydrogens is 339 g/mol. The van der Waals surface area contributed by atoms with Crippen LogP contribution < -0.4 is 10.6 Å². The van der Waals surface area contributed by atoms with Crippen molar-refractivity contribution in [2.75, 3.05) is 13.1 Å². The maximum absolute atomic E-state index is 11.8. The van der Waals surface area contributed by atoms with Crippen LogP contribution in [-0.2, 0) is 4.79 Å². The summed E-state index contributed by atoms with van der Waals surface area (Å²) in [6.45, 7) is 0.467. The van der Waals surface area contributed by atoms with Gasteiger partial charge in [-0.15, -0.1) is 12.4 Å². The monoisotopic (exact) mass is 354 g/mol. The lowest BCUT2D eigenvalue weighted by Crippen LogP contribution is -2.41. The molecule has 118 valence electrons. The van der Waals surface area contributed by atoms with E-state index in [9.17, 15) is 15.0 Å². The fourth-order valence-corrected chi connectivity index (χ4v) is 2.67. The van der Waals surface area contributed by atoms with E-state index in [0.29, 0.717) is 28.6 Å². The van der Waals surface area contributed by atoms with Crippen LogP contribution in [0.15, 0.2) is 18.2 Å². The summed E-state index contributed by atoms with van der Waals surface area (Å²) in [5.41, 5.74) is 0.544. The van der Waals surface area contributed by atoms with Crippen LogP contribution in [-0.4, -0.2) is 41.4 Å². The molecule has 0 spiro atoms. The van der Waals surface area contributed by atoms with Gasteiger partial charge in [-0.2, -0.15) is 0 Å². The molecule has 1 fully saturated rings. The maximum Gasteiger partial charge on any atom is 0.237 e. The van der Waals surface area contributed by atoms with Crippen molar-refractivity contribution in [1.29, 1.82) is 0 Å². The summed E-state index contributed by atoms with van der Waals surface area (Å²) in [6.07, 6.45) is -1.01. The van der Waals surface area contributed by atoms with Gasteiger partial charge in [0, 0.05) is 23.1 Å². The fraction of sp³-hybridized carbons (Fsp3) is 0.462. The van der Waals surface area contributed by atoms with Crippen LogP contribution in [0.4, 0.5) is 0 Å². The van der Waals surface area contributed by atoms with Crippen molar-refractivity contribution >= 4 is 41.5 Å². The van der Waals surface area contributed by atoms with Crippen LogP contribution in [0, 0.1) is 0 Å². The van der Waals surface area contributed by atoms with E-state index in [1.165, 1.54) is 0 Å². The highest BCUT2D eigenvalue weighted by Gasteiger charge is 2.28. The Hall–Kier alpha value is -0.560. The van der Waals surface area contributed by atoms with E-state index in [-0.39, 0.29) is 24.9 Å². The molecule has 0 aliphatic carbocycles. The van der Waals surface area contributed by atoms with Crippen LogP contribution >= 0.6 is 35.6 Å². The number of halogens is 3. The van der Waals surface area contributed by atoms with Gasteiger partial charge < -0.3 is 20.8 Å². The summed E-state index contributed by atoms with van der Waals surface area (Å²) in [6, 6.07) is 4.35. The fourth-order valence-electron chi connectivity index (χ4n) is 2.12. The molecule has 1 saturated heterocycles. The molecule has 0 bridgehead atoms. The Bertz CT molecular complexity index is 481. The van der Waals surface area contributed by atoms with Gasteiger partial charge in [-0.05, 0) is 30.2 Å². The summed E-state index contributed by atoms with van der Waals surface area (Å²) in [7, 11) is 0. The number of nitrogens with one attached hydrogen (secondary N) is 2. The normalized spacial score (nSPS) is 22.5. The molecule has 3 atom stereocenters. The van der Waals surface area contributed by atoms with Gasteiger partial charge in [-0.1, -0.05) is 23.2 Å². The van der Waals surface area contributed by atoms with Crippen LogP contribution in [0.3, 0.4) is 0 Å². The van der Waals surface area contributed by atoms with Gasteiger partial charge in [0.05, 0.1) is 18.2 Å². The number of hydrogen-bond donors (Lipinski definition) is 4. The van der Waals surface area contributed by atoms with Crippen LogP contribution in [0.5, 0.6) is 0 Å². The van der Waals surface area contributed by atoms with Gasteiger partial charge in [0.25, 0.3) is 0 Å². The van der Waals surface area contributed by atoms with Crippen molar-refractivity contribution in [1.82, 2.24) is 10.6 Å². The highest BCUT2D eigenvalue weighted by atomic mass is 35.5. The van der Waals surface area contributed by atoms with E-state index in [0.717, 1.165) is 0 Å². The Morgan fingerprint density at radius 2 is 2.00 bits per heavy atom. The Balaban J connectivity index is 0.00000220. The van der Waals surface area contributed by atoms with Gasteiger partial charge in [-0.25, -0.2) is 0 Å². The zero-order chi connectivity index (χ0) is 14.7. The predicted molar refractivity (Wildman–Crippen MR) is 84.1 cm³/mol. The first kappa shape index (κ1) is 18.5. The quantitative estimate of drug-likeness (QED) is 0.656. The minimum atomic E-state index is -0.888. The first-order valence-electron chi connectivity index (χ1n) is 6.29. The highest BCUT2D eigenvalue weighted by molar-refractivity contribution is 6.34. The van der Waals surface area contributed by atoms with Crippen molar-refractivity contribution in [2.45, 2.75) is 24.7 Å². The van der Waals surface area contributed by atoms with Crippen molar-refractivity contribution in [3.8, 4) is 0 Å². The molecule has 2 rings (SSSR count). The SMILES string of the molecule is Cl.O=C(NCC(O)c1cc(Cl)cc(Cl)c1)C1CC(O)CN1. The Kier molecular flexibility index (Phi) is 7.20. The topological polar surface area (TPSA) is 81.6 Å². The average molecular weight is 356 g/mol. The number of rotatable bonds is 4. The molecular formula is C13H17Cl3N2O3. The molecule has 1 amide bonds. The number of amides is 1. The molecule has 1 aliphatic rings. The summed E-state index contributed by atoms with van der Waals surface area (Å²) in [5.74, 6) is -0.242. The minimum Gasteiger partial charge on any atom is -0.392 e. The Morgan fingerprint density at radius 3 is 2.52 bits per heavy atom. The van der Waals surface area contributed by atoms with E-state index < -0.39 is 18.2 Å². The van der Waals surface area contributed by atoms with Crippen LogP contribution in [0.2, 0.25) is 10.0 Å². The van der Waals surface area contributed by atoms with Gasteiger partial charge in [0.1, 0.15) is 0 Å². The van der Waals surface area contributed by atoms with Gasteiger partial charge in [-0.3, -0.25) is 4.79 Å². The van der Waals surface area contributed by atoms with Crippen molar-refractivity contribution in [2.24, 2.45) is 0 Å². The molecule has 1 aromatic carbocycles. The van der Waals surface area contributed by atoms with E-state index in [1.54, 1.807) is 18.2 Å². The summed E-state index contributed by atoms with van der Waals surface area (Å²) >= 11 is 11.7. The third-order valence-electron chi connectivity index (χ3n) is 3.16. The van der Waals surface area contributed by atoms with E-state index in [2.05, 4.69) is 10.6 Å². The molecule has 3 unspecified atom stereocenters. The molecule has 4 N–H and O–H groups in total. The molecule has 0 saturated carbocycles. The molecule has 0 aromatic heterocycles. The molecule has 21 heavy (non-hydrogen) atoms. The summed E-state index contributed by atoms with van der Waals surface area (Å²) in [4.78, 5) is 11.8. The average Bonchev–Trinajstić information content (AvgIpc) is 2.81. The third-order valence-corrected chi connectivity index (χ3v) is 3.60. The van der Waals surface area contributed by atoms with E-state index in [4.69, 9.17) is 23.2 Å². The van der Waals surface area contributed by atoms with Crippen LogP contribution in [0.1, 0.15) is 18.1 Å². The standard InChI is InChI=1S/C13H16Cl2N2O3.ClH/c14-8-1-7(2-9(15)3-8)12(19)6-17-13(20)11-4-10(18)5-16-11;/h1-3,10-12,16,18-19H,4-6H2,(H,17,20);1H. The summed E-state index contributed by atoms with van der Waals surface area (Å²) < 4.78 is 0. The second-order valence-electron chi connectivity index (χ2n) is 4.81. The number of carbonyl (C=O) groups is 1. The van der Waals surface area contributed by atoms with Crippen molar-refractivity contribution in [3.63, 3.8) is 0 Å². The maximum atomic E-state index is 11.8. The number of carbonyl (C=O) groups excluding carboxylic acids is 1. The summed E-state index contributed by atoms with van der Waals surface area (Å²) in [5, 5.41) is 25.7. The number of aliphatic hydroxyl groups excluding tert-OH is 2. The first-order valence-corrected chi connectivity index (χ1v) is 7.04. The van der Waals surface area contributed by atoms with E-state index in [1.807, 2.05) is 0 Å². The van der Waals surface area contributed by atoms with Gasteiger partial charge in [0.2, 0.25) is 5.91 Å². The van der Waals surface area contributed by atoms with Crippen molar-refractivity contribution in [3.05, 3.63) is 33.8 Å². The lowest BCUT2D eigenvalue weighted by Gasteiger charge is -2.15. The molecule has 5 nitrogen and oxygen atoms in total. The zero-order valence-corrected chi connectivity index (χ0v) is 13.4. The zero-order valence-electron chi connectivity index (χ0n) is 11.1. The van der Waals surface area contributed by atoms with Gasteiger partial charge in [0.15, 0.2) is 0 Å². The predicted octanol–water partition coefficient (Wildman–Crippen LogP) is 1.29. The number of benzene rings is 1. The third kappa shape index (κ3) is 5.29. The van der Waals surface area contributed by atoms with E-state index >= 15 is 0 Å². The minimum absolute atomic E-state index is 0. The second kappa shape index (κ2) is 8.17. The second-order valence-corrected chi connectivity index (χ2v) is 5.69. The molecule has 8 heteroatoms. The first-order chi connectivity index (χ1) is 9.45. The Morgan fingerprint density at radius 1 is 1.38 bits per heavy atom.